The topological polar surface area (TPSA) is 29.5 Å². The highest BCUT2D eigenvalue weighted by Gasteiger charge is 2.35. The standard InChI is InChI=1S/C17H20BrNO2/c1-21-16-8-5-14(18)10-13(16)4-9-17(20)19(15-6-7-15)11-12-2-3-12/h4-5,8-10,12,15H,2-3,6-7,11H2,1H3/b9-4+. The van der Waals surface area contributed by atoms with Gasteiger partial charge in [0.05, 0.1) is 7.11 Å². The van der Waals surface area contributed by atoms with Crippen LogP contribution in [-0.2, 0) is 4.79 Å². The Balaban J connectivity index is 1.71. The molecule has 2 saturated carbocycles. The normalized spacial score (nSPS) is 18.0. The Labute approximate surface area is 134 Å². The van der Waals surface area contributed by atoms with Gasteiger partial charge in [-0.25, -0.2) is 0 Å². The van der Waals surface area contributed by atoms with Crippen LogP contribution in [-0.4, -0.2) is 30.5 Å². The number of carbonyl (C=O) groups excluding carboxylic acids is 1. The summed E-state index contributed by atoms with van der Waals surface area (Å²) in [6, 6.07) is 6.27. The Hall–Kier alpha value is -1.29. The summed E-state index contributed by atoms with van der Waals surface area (Å²) < 4.78 is 6.31. The lowest BCUT2D eigenvalue weighted by molar-refractivity contribution is -0.126. The van der Waals surface area contributed by atoms with E-state index in [1.54, 1.807) is 13.2 Å². The summed E-state index contributed by atoms with van der Waals surface area (Å²) in [4.78, 5) is 14.5. The maximum absolute atomic E-state index is 12.4. The van der Waals surface area contributed by atoms with Crippen molar-refractivity contribution < 1.29 is 9.53 Å². The van der Waals surface area contributed by atoms with Crippen molar-refractivity contribution >= 4 is 27.9 Å². The first-order valence-electron chi connectivity index (χ1n) is 7.49. The van der Waals surface area contributed by atoms with Crippen molar-refractivity contribution in [1.82, 2.24) is 4.90 Å². The zero-order valence-corrected chi connectivity index (χ0v) is 13.8. The molecule has 2 aliphatic rings. The van der Waals surface area contributed by atoms with Gasteiger partial charge in [-0.1, -0.05) is 15.9 Å². The number of halogens is 1. The summed E-state index contributed by atoms with van der Waals surface area (Å²) in [6.07, 6.45) is 8.41. The summed E-state index contributed by atoms with van der Waals surface area (Å²) in [5, 5.41) is 0. The Morgan fingerprint density at radius 3 is 2.76 bits per heavy atom. The third-order valence-corrected chi connectivity index (χ3v) is 4.51. The van der Waals surface area contributed by atoms with Gasteiger partial charge >= 0.3 is 0 Å². The fourth-order valence-electron chi connectivity index (χ4n) is 2.48. The first kappa shape index (κ1) is 14.6. The van der Waals surface area contributed by atoms with E-state index in [1.807, 2.05) is 24.3 Å². The van der Waals surface area contributed by atoms with Crippen molar-refractivity contribution in [3.8, 4) is 5.75 Å². The third-order valence-electron chi connectivity index (χ3n) is 4.02. The van der Waals surface area contributed by atoms with Crippen molar-refractivity contribution in [3.05, 3.63) is 34.3 Å². The van der Waals surface area contributed by atoms with Crippen molar-refractivity contribution in [2.75, 3.05) is 13.7 Å². The molecule has 0 heterocycles. The molecule has 112 valence electrons. The zero-order valence-electron chi connectivity index (χ0n) is 12.2. The minimum atomic E-state index is 0.131. The van der Waals surface area contributed by atoms with Crippen molar-refractivity contribution in [1.29, 1.82) is 0 Å². The van der Waals surface area contributed by atoms with Crippen LogP contribution in [0, 0.1) is 5.92 Å². The van der Waals surface area contributed by atoms with E-state index in [9.17, 15) is 4.79 Å². The number of nitrogens with zero attached hydrogens (tertiary/aromatic N) is 1. The number of hydrogen-bond acceptors (Lipinski definition) is 2. The molecule has 3 nitrogen and oxygen atoms in total. The van der Waals surface area contributed by atoms with Gasteiger partial charge < -0.3 is 9.64 Å². The second kappa shape index (κ2) is 6.22. The third kappa shape index (κ3) is 3.88. The molecule has 0 bridgehead atoms. The van der Waals surface area contributed by atoms with Gasteiger partial charge in [0.2, 0.25) is 5.91 Å². The molecule has 1 aromatic carbocycles. The number of benzene rings is 1. The number of methoxy groups -OCH3 is 1. The minimum Gasteiger partial charge on any atom is -0.496 e. The van der Waals surface area contributed by atoms with Gasteiger partial charge in [-0.05, 0) is 55.9 Å². The first-order chi connectivity index (χ1) is 10.2. The predicted octanol–water partition coefficient (Wildman–Crippen LogP) is 3.87. The lowest BCUT2D eigenvalue weighted by atomic mass is 10.2. The molecule has 0 aromatic heterocycles. The van der Waals surface area contributed by atoms with E-state index in [2.05, 4.69) is 20.8 Å². The van der Waals surface area contributed by atoms with Gasteiger partial charge in [-0.15, -0.1) is 0 Å². The van der Waals surface area contributed by atoms with Gasteiger partial charge in [0.25, 0.3) is 0 Å². The highest BCUT2D eigenvalue weighted by molar-refractivity contribution is 9.10. The van der Waals surface area contributed by atoms with Crippen LogP contribution < -0.4 is 4.74 Å². The maximum atomic E-state index is 12.4. The quantitative estimate of drug-likeness (QED) is 0.729. The van der Waals surface area contributed by atoms with Crippen LogP contribution in [0.25, 0.3) is 6.08 Å². The molecule has 0 spiro atoms. The first-order valence-corrected chi connectivity index (χ1v) is 8.29. The fraction of sp³-hybridized carbons (Fsp3) is 0.471. The highest BCUT2D eigenvalue weighted by Crippen LogP contribution is 2.35. The molecule has 3 rings (SSSR count). The molecule has 1 aromatic rings. The van der Waals surface area contributed by atoms with Gasteiger partial charge in [0.15, 0.2) is 0 Å². The second-order valence-corrected chi connectivity index (χ2v) is 6.80. The monoisotopic (exact) mass is 349 g/mol. The Bertz CT molecular complexity index is 562. The highest BCUT2D eigenvalue weighted by atomic mass is 79.9. The summed E-state index contributed by atoms with van der Waals surface area (Å²) in [7, 11) is 1.64. The van der Waals surface area contributed by atoms with Crippen LogP contribution in [0.4, 0.5) is 0 Å². The maximum Gasteiger partial charge on any atom is 0.246 e. The molecule has 0 N–H and O–H groups in total. The number of hydrogen-bond donors (Lipinski definition) is 0. The van der Waals surface area contributed by atoms with Gasteiger partial charge in [0, 0.05) is 28.7 Å². The van der Waals surface area contributed by atoms with Gasteiger partial charge in [0.1, 0.15) is 5.75 Å². The lowest BCUT2D eigenvalue weighted by Gasteiger charge is -2.20. The number of rotatable bonds is 6. The van der Waals surface area contributed by atoms with E-state index < -0.39 is 0 Å². The number of amides is 1. The SMILES string of the molecule is COc1ccc(Br)cc1/C=C/C(=O)N(CC1CC1)C1CC1. The van der Waals surface area contributed by atoms with Crippen LogP contribution in [0.2, 0.25) is 0 Å². The van der Waals surface area contributed by atoms with Gasteiger partial charge in [-0.2, -0.15) is 0 Å². The van der Waals surface area contributed by atoms with Crippen molar-refractivity contribution in [2.45, 2.75) is 31.7 Å². The van der Waals surface area contributed by atoms with E-state index in [1.165, 1.54) is 12.8 Å². The second-order valence-electron chi connectivity index (χ2n) is 5.88. The molecule has 21 heavy (non-hydrogen) atoms. The Kier molecular flexibility index (Phi) is 4.34. The van der Waals surface area contributed by atoms with Gasteiger partial charge in [-0.3, -0.25) is 4.79 Å². The van der Waals surface area contributed by atoms with Crippen molar-refractivity contribution in [3.63, 3.8) is 0 Å². The summed E-state index contributed by atoms with van der Waals surface area (Å²) in [5.74, 6) is 1.65. The van der Waals surface area contributed by atoms with Crippen LogP contribution in [0.3, 0.4) is 0 Å². The van der Waals surface area contributed by atoms with E-state index in [4.69, 9.17) is 4.74 Å². The average Bonchev–Trinajstić information content (AvgIpc) is 3.36. The molecule has 2 fully saturated rings. The molecule has 0 aliphatic heterocycles. The molecule has 0 atom stereocenters. The zero-order chi connectivity index (χ0) is 14.8. The average molecular weight is 350 g/mol. The molecule has 0 saturated heterocycles. The molecule has 0 unspecified atom stereocenters. The molecular formula is C17H20BrNO2. The van der Waals surface area contributed by atoms with E-state index in [0.29, 0.717) is 6.04 Å². The minimum absolute atomic E-state index is 0.131. The molecule has 1 amide bonds. The molecule has 4 heteroatoms. The van der Waals surface area contributed by atoms with Crippen molar-refractivity contribution in [2.24, 2.45) is 5.92 Å². The van der Waals surface area contributed by atoms with E-state index >= 15 is 0 Å². The molecule has 0 radical (unpaired) electrons. The van der Waals surface area contributed by atoms with E-state index in [0.717, 1.165) is 41.1 Å². The summed E-state index contributed by atoms with van der Waals surface area (Å²) in [6.45, 7) is 0.934. The summed E-state index contributed by atoms with van der Waals surface area (Å²) >= 11 is 3.45. The van der Waals surface area contributed by atoms with E-state index in [-0.39, 0.29) is 5.91 Å². The number of ether oxygens (including phenoxy) is 1. The largest absolute Gasteiger partial charge is 0.496 e. The molecule has 2 aliphatic carbocycles. The van der Waals surface area contributed by atoms with Crippen LogP contribution in [0.5, 0.6) is 5.75 Å². The lowest BCUT2D eigenvalue weighted by Crippen LogP contribution is -2.33. The smallest absolute Gasteiger partial charge is 0.246 e. The number of carbonyl (C=O) groups is 1. The van der Waals surface area contributed by atoms with Crippen LogP contribution in [0.1, 0.15) is 31.2 Å². The van der Waals surface area contributed by atoms with Crippen LogP contribution >= 0.6 is 15.9 Å². The predicted molar refractivity (Wildman–Crippen MR) is 87.2 cm³/mol. The van der Waals surface area contributed by atoms with Crippen LogP contribution in [0.15, 0.2) is 28.7 Å². The fourth-order valence-corrected chi connectivity index (χ4v) is 2.85. The Morgan fingerprint density at radius 1 is 1.38 bits per heavy atom. The molecular weight excluding hydrogens is 330 g/mol. The Morgan fingerprint density at radius 2 is 2.14 bits per heavy atom. The summed E-state index contributed by atoms with van der Waals surface area (Å²) in [5.41, 5.74) is 0.919.